The Morgan fingerprint density at radius 2 is 1.85 bits per heavy atom. The summed E-state index contributed by atoms with van der Waals surface area (Å²) in [4.78, 5) is 17.4. The molecule has 0 radical (unpaired) electrons. The quantitative estimate of drug-likeness (QED) is 0.421. The average Bonchev–Trinajstić information content (AvgIpc) is 3.13. The fraction of sp³-hybridized carbons (Fsp3) is 0.120. The number of carbonyl (C=O) groups excluding carboxylic acids is 1. The summed E-state index contributed by atoms with van der Waals surface area (Å²) in [5.74, 6) is 0.245. The summed E-state index contributed by atoms with van der Waals surface area (Å²) < 4.78 is 24.4. The highest BCUT2D eigenvalue weighted by atomic mass is 35.5. The molecule has 1 heterocycles. The Hall–Kier alpha value is -3.29. The van der Waals surface area contributed by atoms with Crippen LogP contribution in [0.5, 0.6) is 11.5 Å². The lowest BCUT2D eigenvalue weighted by atomic mass is 10.1. The molecule has 168 valence electrons. The molecule has 0 spiro atoms. The number of thioether (sulfide) groups is 1. The first-order valence-corrected chi connectivity index (χ1v) is 11.2. The van der Waals surface area contributed by atoms with Gasteiger partial charge in [0, 0.05) is 0 Å². The van der Waals surface area contributed by atoms with Crippen molar-refractivity contribution in [3.8, 4) is 11.5 Å². The minimum absolute atomic E-state index is 0.202. The molecule has 0 bridgehead atoms. The van der Waals surface area contributed by atoms with Crippen LogP contribution in [-0.4, -0.2) is 18.2 Å². The minimum atomic E-state index is -0.312. The first kappa shape index (κ1) is 22.9. The van der Waals surface area contributed by atoms with Crippen molar-refractivity contribution in [2.45, 2.75) is 13.5 Å². The highest BCUT2D eigenvalue weighted by Gasteiger charge is 2.24. The predicted molar refractivity (Wildman–Crippen MR) is 131 cm³/mol. The molecule has 3 aromatic rings. The van der Waals surface area contributed by atoms with Gasteiger partial charge in [-0.1, -0.05) is 41.4 Å². The average molecular weight is 483 g/mol. The van der Waals surface area contributed by atoms with Crippen LogP contribution in [0, 0.1) is 12.7 Å². The SMILES string of the molecule is COc1cc(/C=C2\SC(=Nc3ccc(C)cc3)NC2=O)cc(Cl)c1OCc1ccc(F)cc1. The van der Waals surface area contributed by atoms with E-state index in [1.807, 2.05) is 31.2 Å². The number of aliphatic imine (C=N–C) groups is 1. The Kier molecular flexibility index (Phi) is 7.01. The van der Waals surface area contributed by atoms with Crippen LogP contribution in [0.4, 0.5) is 10.1 Å². The number of carbonyl (C=O) groups is 1. The van der Waals surface area contributed by atoms with Crippen LogP contribution in [0.2, 0.25) is 5.02 Å². The van der Waals surface area contributed by atoms with Crippen molar-refractivity contribution in [1.29, 1.82) is 0 Å². The normalized spacial score (nSPS) is 15.7. The van der Waals surface area contributed by atoms with Gasteiger partial charge in [0.25, 0.3) is 5.91 Å². The van der Waals surface area contributed by atoms with Crippen molar-refractivity contribution in [3.63, 3.8) is 0 Å². The molecule has 3 aromatic carbocycles. The molecule has 0 aromatic heterocycles. The largest absolute Gasteiger partial charge is 0.493 e. The first-order chi connectivity index (χ1) is 15.9. The lowest BCUT2D eigenvalue weighted by Gasteiger charge is -2.13. The molecule has 0 aliphatic carbocycles. The van der Waals surface area contributed by atoms with Crippen molar-refractivity contribution in [2.24, 2.45) is 4.99 Å². The second-order valence-electron chi connectivity index (χ2n) is 7.27. The maximum atomic E-state index is 13.1. The molecule has 1 aliphatic heterocycles. The van der Waals surface area contributed by atoms with Crippen molar-refractivity contribution < 1.29 is 18.7 Å². The summed E-state index contributed by atoms with van der Waals surface area (Å²) in [7, 11) is 1.51. The minimum Gasteiger partial charge on any atom is -0.493 e. The van der Waals surface area contributed by atoms with E-state index in [0.29, 0.717) is 32.2 Å². The van der Waals surface area contributed by atoms with E-state index in [0.717, 1.165) is 16.8 Å². The number of methoxy groups -OCH3 is 1. The standard InChI is InChI=1S/C25H20ClFN2O3S/c1-15-3-9-19(10-4-15)28-25-29-24(30)22(33-25)13-17-11-20(26)23(21(12-17)31-2)32-14-16-5-7-18(27)8-6-16/h3-13H,14H2,1-2H3,(H,28,29,30)/b22-13-. The Bertz CT molecular complexity index is 1240. The van der Waals surface area contributed by atoms with Gasteiger partial charge in [-0.2, -0.15) is 0 Å². The number of nitrogens with one attached hydrogen (secondary N) is 1. The zero-order valence-corrected chi connectivity index (χ0v) is 19.5. The van der Waals surface area contributed by atoms with E-state index < -0.39 is 0 Å². The van der Waals surface area contributed by atoms with E-state index in [-0.39, 0.29) is 18.3 Å². The zero-order chi connectivity index (χ0) is 23.4. The molecule has 33 heavy (non-hydrogen) atoms. The highest BCUT2D eigenvalue weighted by molar-refractivity contribution is 8.18. The van der Waals surface area contributed by atoms with Crippen LogP contribution in [-0.2, 0) is 11.4 Å². The molecular weight excluding hydrogens is 463 g/mol. The Balaban J connectivity index is 1.52. The van der Waals surface area contributed by atoms with Crippen LogP contribution in [0.15, 0.2) is 70.6 Å². The number of rotatable bonds is 6. The van der Waals surface area contributed by atoms with Crippen molar-refractivity contribution in [1.82, 2.24) is 5.32 Å². The number of ether oxygens (including phenoxy) is 2. The third kappa shape index (κ3) is 5.74. The number of hydrogen-bond acceptors (Lipinski definition) is 5. The summed E-state index contributed by atoms with van der Waals surface area (Å²) in [5.41, 5.74) is 3.37. The summed E-state index contributed by atoms with van der Waals surface area (Å²) in [6.45, 7) is 2.20. The van der Waals surface area contributed by atoms with E-state index in [1.165, 1.54) is 31.0 Å². The molecule has 4 rings (SSSR count). The van der Waals surface area contributed by atoms with Crippen LogP contribution in [0.25, 0.3) is 6.08 Å². The lowest BCUT2D eigenvalue weighted by Crippen LogP contribution is -2.19. The molecule has 0 unspecified atom stereocenters. The van der Waals surface area contributed by atoms with Gasteiger partial charge in [0.1, 0.15) is 12.4 Å². The molecule has 1 aliphatic rings. The van der Waals surface area contributed by atoms with E-state index in [4.69, 9.17) is 21.1 Å². The number of halogens is 2. The third-order valence-corrected chi connectivity index (χ3v) is 5.95. The molecule has 8 heteroatoms. The molecule has 1 saturated heterocycles. The maximum Gasteiger partial charge on any atom is 0.264 e. The number of nitrogens with zero attached hydrogens (tertiary/aromatic N) is 1. The van der Waals surface area contributed by atoms with Gasteiger partial charge >= 0.3 is 0 Å². The Morgan fingerprint density at radius 3 is 2.55 bits per heavy atom. The van der Waals surface area contributed by atoms with E-state index in [2.05, 4.69) is 10.3 Å². The maximum absolute atomic E-state index is 13.1. The van der Waals surface area contributed by atoms with Crippen molar-refractivity contribution >= 4 is 46.2 Å². The number of amidine groups is 1. The lowest BCUT2D eigenvalue weighted by molar-refractivity contribution is -0.115. The van der Waals surface area contributed by atoms with E-state index in [1.54, 1.807) is 30.3 Å². The Morgan fingerprint density at radius 1 is 1.12 bits per heavy atom. The summed E-state index contributed by atoms with van der Waals surface area (Å²) >= 11 is 7.70. The molecule has 1 amide bonds. The van der Waals surface area contributed by atoms with Crippen molar-refractivity contribution in [3.05, 3.63) is 93.1 Å². The van der Waals surface area contributed by atoms with Crippen molar-refractivity contribution in [2.75, 3.05) is 7.11 Å². The molecule has 1 N–H and O–H groups in total. The van der Waals surface area contributed by atoms with E-state index >= 15 is 0 Å². The molecular formula is C25H20ClFN2O3S. The number of amides is 1. The second kappa shape index (κ2) is 10.1. The molecule has 5 nitrogen and oxygen atoms in total. The van der Waals surface area contributed by atoms with Gasteiger partial charge in [-0.3, -0.25) is 4.79 Å². The van der Waals surface area contributed by atoms with Crippen LogP contribution < -0.4 is 14.8 Å². The highest BCUT2D eigenvalue weighted by Crippen LogP contribution is 2.38. The van der Waals surface area contributed by atoms with Crippen LogP contribution >= 0.6 is 23.4 Å². The van der Waals surface area contributed by atoms with Gasteiger partial charge in [0.2, 0.25) is 0 Å². The third-order valence-electron chi connectivity index (χ3n) is 4.76. The molecule has 0 saturated carbocycles. The topological polar surface area (TPSA) is 59.9 Å². The van der Waals surface area contributed by atoms with Gasteiger partial charge in [-0.05, 0) is 72.3 Å². The number of benzene rings is 3. The number of hydrogen-bond donors (Lipinski definition) is 1. The molecule has 0 atom stereocenters. The molecule has 1 fully saturated rings. The van der Waals surface area contributed by atoms with Crippen LogP contribution in [0.1, 0.15) is 16.7 Å². The first-order valence-electron chi connectivity index (χ1n) is 10.0. The van der Waals surface area contributed by atoms with Gasteiger partial charge in [0.15, 0.2) is 16.7 Å². The fourth-order valence-corrected chi connectivity index (χ4v) is 4.18. The van der Waals surface area contributed by atoms with Gasteiger partial charge in [-0.25, -0.2) is 9.38 Å². The van der Waals surface area contributed by atoms with Gasteiger partial charge in [-0.15, -0.1) is 0 Å². The fourth-order valence-electron chi connectivity index (χ4n) is 3.07. The summed E-state index contributed by atoms with van der Waals surface area (Å²) in [6.07, 6.45) is 1.72. The Labute approximate surface area is 200 Å². The number of aryl methyl sites for hydroxylation is 1. The van der Waals surface area contributed by atoms with Crippen LogP contribution in [0.3, 0.4) is 0 Å². The smallest absolute Gasteiger partial charge is 0.264 e. The van der Waals surface area contributed by atoms with Gasteiger partial charge < -0.3 is 14.8 Å². The van der Waals surface area contributed by atoms with Gasteiger partial charge in [0.05, 0.1) is 22.7 Å². The summed E-state index contributed by atoms with van der Waals surface area (Å²) in [5, 5.41) is 3.61. The summed E-state index contributed by atoms with van der Waals surface area (Å²) in [6, 6.07) is 17.2. The predicted octanol–water partition coefficient (Wildman–Crippen LogP) is 6.27. The zero-order valence-electron chi connectivity index (χ0n) is 17.9. The van der Waals surface area contributed by atoms with E-state index in [9.17, 15) is 9.18 Å². The second-order valence-corrected chi connectivity index (χ2v) is 8.70. The monoisotopic (exact) mass is 482 g/mol.